The molecule has 94 valence electrons. The summed E-state index contributed by atoms with van der Waals surface area (Å²) in [6, 6.07) is 7.29. The molecule has 0 radical (unpaired) electrons. The standard InChI is InChI=1S/C15H24N2/c1-3-12-8-6-7-11(2)15(12)17-14-10-5-4-9-13(14)16/h6-8,13-14,17H,3-5,9-10,16H2,1-2H3. The molecule has 3 N–H and O–H groups in total. The maximum Gasteiger partial charge on any atom is 0.0412 e. The molecule has 17 heavy (non-hydrogen) atoms. The number of rotatable bonds is 3. The van der Waals surface area contributed by atoms with Crippen molar-refractivity contribution in [3.63, 3.8) is 0 Å². The first-order valence-electron chi connectivity index (χ1n) is 6.83. The van der Waals surface area contributed by atoms with Crippen molar-refractivity contribution in [1.29, 1.82) is 0 Å². The summed E-state index contributed by atoms with van der Waals surface area (Å²) in [5.41, 5.74) is 10.3. The van der Waals surface area contributed by atoms with Crippen molar-refractivity contribution in [1.82, 2.24) is 0 Å². The molecule has 0 heterocycles. The fourth-order valence-corrected chi connectivity index (χ4v) is 2.75. The van der Waals surface area contributed by atoms with Crippen molar-refractivity contribution in [2.45, 2.75) is 58.0 Å². The lowest BCUT2D eigenvalue weighted by molar-refractivity contribution is 0.404. The van der Waals surface area contributed by atoms with Crippen LogP contribution in [0.4, 0.5) is 5.69 Å². The normalized spacial score (nSPS) is 24.6. The van der Waals surface area contributed by atoms with Gasteiger partial charge in [-0.2, -0.15) is 0 Å². The van der Waals surface area contributed by atoms with Gasteiger partial charge in [0, 0.05) is 17.8 Å². The largest absolute Gasteiger partial charge is 0.380 e. The Morgan fingerprint density at radius 3 is 2.76 bits per heavy atom. The van der Waals surface area contributed by atoms with E-state index in [9.17, 15) is 0 Å². The molecule has 2 nitrogen and oxygen atoms in total. The maximum atomic E-state index is 6.21. The third kappa shape index (κ3) is 2.81. The van der Waals surface area contributed by atoms with Crippen LogP contribution in [0.3, 0.4) is 0 Å². The predicted octanol–water partition coefficient (Wildman–Crippen LogP) is 3.24. The molecule has 2 rings (SSSR count). The zero-order chi connectivity index (χ0) is 12.3. The number of aryl methyl sites for hydroxylation is 2. The average molecular weight is 232 g/mol. The second-order valence-electron chi connectivity index (χ2n) is 5.16. The maximum absolute atomic E-state index is 6.21. The van der Waals surface area contributed by atoms with Crippen LogP contribution in [0.25, 0.3) is 0 Å². The molecule has 2 atom stereocenters. The summed E-state index contributed by atoms with van der Waals surface area (Å²) in [7, 11) is 0. The molecule has 2 heteroatoms. The summed E-state index contributed by atoms with van der Waals surface area (Å²) in [6.07, 6.45) is 6.03. The van der Waals surface area contributed by atoms with Gasteiger partial charge in [-0.15, -0.1) is 0 Å². The Labute approximate surface area is 105 Å². The fraction of sp³-hybridized carbons (Fsp3) is 0.600. The minimum atomic E-state index is 0.313. The van der Waals surface area contributed by atoms with Gasteiger partial charge >= 0.3 is 0 Å². The molecule has 1 saturated carbocycles. The number of para-hydroxylation sites is 1. The van der Waals surface area contributed by atoms with Gasteiger partial charge in [-0.1, -0.05) is 38.0 Å². The second kappa shape index (κ2) is 5.54. The van der Waals surface area contributed by atoms with Gasteiger partial charge in [0.2, 0.25) is 0 Å². The molecule has 2 unspecified atom stereocenters. The molecular weight excluding hydrogens is 208 g/mol. The molecule has 0 spiro atoms. The lowest BCUT2D eigenvalue weighted by Crippen LogP contribution is -2.42. The van der Waals surface area contributed by atoms with E-state index in [2.05, 4.69) is 37.4 Å². The van der Waals surface area contributed by atoms with E-state index in [0.717, 1.165) is 12.8 Å². The number of nitrogens with two attached hydrogens (primary N) is 1. The minimum absolute atomic E-state index is 0.313. The van der Waals surface area contributed by atoms with E-state index in [4.69, 9.17) is 5.73 Å². The lowest BCUT2D eigenvalue weighted by atomic mass is 9.90. The molecule has 1 aliphatic rings. The fourth-order valence-electron chi connectivity index (χ4n) is 2.75. The number of anilines is 1. The van der Waals surface area contributed by atoms with E-state index < -0.39 is 0 Å². The van der Waals surface area contributed by atoms with Crippen molar-refractivity contribution >= 4 is 5.69 Å². The SMILES string of the molecule is CCc1cccc(C)c1NC1CCCCC1N. The Hall–Kier alpha value is -1.02. The van der Waals surface area contributed by atoms with Gasteiger partial charge in [0.15, 0.2) is 0 Å². The van der Waals surface area contributed by atoms with Gasteiger partial charge in [-0.3, -0.25) is 0 Å². The zero-order valence-electron chi connectivity index (χ0n) is 11.0. The molecule has 1 fully saturated rings. The average Bonchev–Trinajstić information content (AvgIpc) is 2.34. The van der Waals surface area contributed by atoms with E-state index in [1.165, 1.54) is 36.1 Å². The first kappa shape index (κ1) is 12.4. The number of hydrogen-bond donors (Lipinski definition) is 2. The highest BCUT2D eigenvalue weighted by Gasteiger charge is 2.22. The highest BCUT2D eigenvalue weighted by atomic mass is 15.0. The van der Waals surface area contributed by atoms with Crippen molar-refractivity contribution in [3.8, 4) is 0 Å². The number of nitrogens with one attached hydrogen (secondary N) is 1. The summed E-state index contributed by atoms with van der Waals surface area (Å²) < 4.78 is 0. The van der Waals surface area contributed by atoms with E-state index in [1.54, 1.807) is 0 Å². The molecule has 0 aromatic heterocycles. The molecule has 1 aromatic carbocycles. The predicted molar refractivity (Wildman–Crippen MR) is 74.4 cm³/mol. The summed E-state index contributed by atoms with van der Waals surface area (Å²) >= 11 is 0. The van der Waals surface area contributed by atoms with Gasteiger partial charge in [0.25, 0.3) is 0 Å². The summed E-state index contributed by atoms with van der Waals surface area (Å²) in [5, 5.41) is 3.69. The highest BCUT2D eigenvalue weighted by Crippen LogP contribution is 2.26. The highest BCUT2D eigenvalue weighted by molar-refractivity contribution is 5.58. The molecule has 0 saturated heterocycles. The van der Waals surface area contributed by atoms with E-state index in [0.29, 0.717) is 12.1 Å². The Balaban J connectivity index is 2.16. The van der Waals surface area contributed by atoms with Gasteiger partial charge in [0.1, 0.15) is 0 Å². The summed E-state index contributed by atoms with van der Waals surface area (Å²) in [5.74, 6) is 0. The quantitative estimate of drug-likeness (QED) is 0.839. The van der Waals surface area contributed by atoms with Gasteiger partial charge < -0.3 is 11.1 Å². The van der Waals surface area contributed by atoms with Crippen LogP contribution >= 0.6 is 0 Å². The third-order valence-electron chi connectivity index (χ3n) is 3.89. The van der Waals surface area contributed by atoms with Crippen LogP contribution in [0, 0.1) is 6.92 Å². The lowest BCUT2D eigenvalue weighted by Gasteiger charge is -2.31. The Morgan fingerprint density at radius 1 is 1.29 bits per heavy atom. The van der Waals surface area contributed by atoms with Crippen LogP contribution in [0.1, 0.15) is 43.7 Å². The van der Waals surface area contributed by atoms with Gasteiger partial charge in [-0.05, 0) is 37.3 Å². The van der Waals surface area contributed by atoms with Crippen molar-refractivity contribution in [2.24, 2.45) is 5.73 Å². The molecule has 0 aliphatic heterocycles. The smallest absolute Gasteiger partial charge is 0.0412 e. The first-order valence-corrected chi connectivity index (χ1v) is 6.83. The monoisotopic (exact) mass is 232 g/mol. The van der Waals surface area contributed by atoms with Crippen LogP contribution in [0.5, 0.6) is 0 Å². The Kier molecular flexibility index (Phi) is 4.06. The number of benzene rings is 1. The molecule has 0 bridgehead atoms. The molecule has 1 aliphatic carbocycles. The third-order valence-corrected chi connectivity index (χ3v) is 3.89. The zero-order valence-corrected chi connectivity index (χ0v) is 11.0. The molecular formula is C15H24N2. The summed E-state index contributed by atoms with van der Waals surface area (Å²) in [4.78, 5) is 0. The van der Waals surface area contributed by atoms with E-state index in [-0.39, 0.29) is 0 Å². The van der Waals surface area contributed by atoms with Gasteiger partial charge in [-0.25, -0.2) is 0 Å². The molecule has 0 amide bonds. The van der Waals surface area contributed by atoms with Crippen molar-refractivity contribution in [3.05, 3.63) is 29.3 Å². The minimum Gasteiger partial charge on any atom is -0.380 e. The van der Waals surface area contributed by atoms with Crippen LogP contribution in [0.15, 0.2) is 18.2 Å². The second-order valence-corrected chi connectivity index (χ2v) is 5.16. The summed E-state index contributed by atoms with van der Waals surface area (Å²) in [6.45, 7) is 4.39. The van der Waals surface area contributed by atoms with Gasteiger partial charge in [0.05, 0.1) is 0 Å². The van der Waals surface area contributed by atoms with Crippen molar-refractivity contribution < 1.29 is 0 Å². The van der Waals surface area contributed by atoms with E-state index in [1.807, 2.05) is 0 Å². The Morgan fingerprint density at radius 2 is 2.06 bits per heavy atom. The van der Waals surface area contributed by atoms with Crippen LogP contribution in [-0.4, -0.2) is 12.1 Å². The van der Waals surface area contributed by atoms with Crippen LogP contribution in [0.2, 0.25) is 0 Å². The number of hydrogen-bond acceptors (Lipinski definition) is 2. The van der Waals surface area contributed by atoms with Crippen molar-refractivity contribution in [2.75, 3.05) is 5.32 Å². The van der Waals surface area contributed by atoms with Crippen LogP contribution in [-0.2, 0) is 6.42 Å². The van der Waals surface area contributed by atoms with Crippen LogP contribution < -0.4 is 11.1 Å². The Bertz CT molecular complexity index is 373. The topological polar surface area (TPSA) is 38.0 Å². The van der Waals surface area contributed by atoms with E-state index >= 15 is 0 Å². The first-order chi connectivity index (χ1) is 8.22. The molecule has 1 aromatic rings.